The summed E-state index contributed by atoms with van der Waals surface area (Å²) in [7, 11) is 1.60. The molecule has 28 heavy (non-hydrogen) atoms. The number of benzene rings is 3. The highest BCUT2D eigenvalue weighted by atomic mass is 16.5. The molecule has 0 aromatic heterocycles. The summed E-state index contributed by atoms with van der Waals surface area (Å²) in [6, 6.07) is 20.8. The molecule has 1 aliphatic rings. The van der Waals surface area contributed by atoms with Crippen LogP contribution in [0.2, 0.25) is 0 Å². The van der Waals surface area contributed by atoms with E-state index in [4.69, 9.17) is 4.74 Å². The molecule has 3 amide bonds. The Labute approximate surface area is 163 Å². The van der Waals surface area contributed by atoms with Gasteiger partial charge in [0.25, 0.3) is 5.91 Å². The Morgan fingerprint density at radius 2 is 1.68 bits per heavy atom. The van der Waals surface area contributed by atoms with Gasteiger partial charge in [-0.05, 0) is 40.5 Å². The number of imide groups is 1. The molecule has 1 saturated heterocycles. The molecule has 0 radical (unpaired) electrons. The summed E-state index contributed by atoms with van der Waals surface area (Å²) in [6.07, 6.45) is 0.468. The topological polar surface area (TPSA) is 58.6 Å². The summed E-state index contributed by atoms with van der Waals surface area (Å²) < 4.78 is 5.20. The van der Waals surface area contributed by atoms with Crippen LogP contribution in [0, 0.1) is 0 Å². The van der Waals surface area contributed by atoms with Crippen molar-refractivity contribution in [3.05, 3.63) is 77.9 Å². The third-order valence-electron chi connectivity index (χ3n) is 5.50. The van der Waals surface area contributed by atoms with Gasteiger partial charge in [0.15, 0.2) is 0 Å². The second-order valence-electron chi connectivity index (χ2n) is 6.95. The number of ether oxygens (including phenoxy) is 1. The zero-order valence-electron chi connectivity index (χ0n) is 15.9. The summed E-state index contributed by atoms with van der Waals surface area (Å²) in [4.78, 5) is 27.5. The van der Waals surface area contributed by atoms with Gasteiger partial charge in [-0.25, -0.2) is 4.79 Å². The molecule has 0 saturated carbocycles. The van der Waals surface area contributed by atoms with Gasteiger partial charge < -0.3 is 10.1 Å². The van der Waals surface area contributed by atoms with Crippen molar-refractivity contribution in [3.8, 4) is 5.75 Å². The van der Waals surface area contributed by atoms with E-state index < -0.39 is 5.54 Å². The van der Waals surface area contributed by atoms with Gasteiger partial charge in [0.05, 0.1) is 13.7 Å². The highest BCUT2D eigenvalue weighted by molar-refractivity contribution is 6.07. The standard InChI is InChI=1S/C23H22N2O3/c1-3-23(18-11-13-19(28-2)14-12-18)21(26)25(22(27)24-23)15-17-9-6-8-16-7-4-5-10-20(16)17/h4-14H,3,15H2,1-2H3,(H,24,27)/t23-/m0/s1. The molecule has 3 aromatic rings. The number of rotatable bonds is 5. The van der Waals surface area contributed by atoms with Gasteiger partial charge in [0.1, 0.15) is 11.3 Å². The van der Waals surface area contributed by atoms with Crippen molar-refractivity contribution < 1.29 is 14.3 Å². The van der Waals surface area contributed by atoms with E-state index in [1.165, 1.54) is 4.90 Å². The third kappa shape index (κ3) is 2.80. The van der Waals surface area contributed by atoms with Crippen LogP contribution in [-0.2, 0) is 16.9 Å². The molecular weight excluding hydrogens is 352 g/mol. The van der Waals surface area contributed by atoms with Crippen molar-refractivity contribution in [1.29, 1.82) is 0 Å². The molecule has 5 nitrogen and oxygen atoms in total. The number of carbonyl (C=O) groups excluding carboxylic acids is 2. The highest BCUT2D eigenvalue weighted by Crippen LogP contribution is 2.34. The Kier molecular flexibility index (Phi) is 4.51. The van der Waals surface area contributed by atoms with Gasteiger partial charge in [-0.1, -0.05) is 61.5 Å². The van der Waals surface area contributed by atoms with E-state index in [2.05, 4.69) is 5.32 Å². The van der Waals surface area contributed by atoms with Gasteiger partial charge in [0, 0.05) is 0 Å². The number of hydrogen-bond acceptors (Lipinski definition) is 3. The number of amides is 3. The summed E-state index contributed by atoms with van der Waals surface area (Å²) in [6.45, 7) is 2.15. The number of methoxy groups -OCH3 is 1. The molecule has 1 atom stereocenters. The number of nitrogens with one attached hydrogen (secondary N) is 1. The van der Waals surface area contributed by atoms with Gasteiger partial charge in [-0.15, -0.1) is 0 Å². The predicted octanol–water partition coefficient (Wildman–Crippen LogP) is 4.21. The second kappa shape index (κ2) is 7.00. The van der Waals surface area contributed by atoms with E-state index in [9.17, 15) is 9.59 Å². The van der Waals surface area contributed by atoms with Crippen LogP contribution < -0.4 is 10.1 Å². The molecule has 142 valence electrons. The number of urea groups is 1. The first-order chi connectivity index (χ1) is 13.6. The summed E-state index contributed by atoms with van der Waals surface area (Å²) >= 11 is 0. The minimum atomic E-state index is -1.05. The maximum Gasteiger partial charge on any atom is 0.325 e. The molecule has 0 aliphatic carbocycles. The van der Waals surface area contributed by atoms with Gasteiger partial charge >= 0.3 is 6.03 Å². The van der Waals surface area contributed by atoms with Crippen LogP contribution in [0.3, 0.4) is 0 Å². The van der Waals surface area contributed by atoms with Gasteiger partial charge in [-0.3, -0.25) is 9.69 Å². The van der Waals surface area contributed by atoms with E-state index in [-0.39, 0.29) is 18.5 Å². The normalized spacial score (nSPS) is 19.1. The first-order valence-corrected chi connectivity index (χ1v) is 9.34. The highest BCUT2D eigenvalue weighted by Gasteiger charge is 2.51. The fraction of sp³-hybridized carbons (Fsp3) is 0.217. The number of nitrogens with zero attached hydrogens (tertiary/aromatic N) is 1. The smallest absolute Gasteiger partial charge is 0.325 e. The number of fused-ring (bicyclic) bond motifs is 1. The first kappa shape index (κ1) is 18.0. The largest absolute Gasteiger partial charge is 0.497 e. The van der Waals surface area contributed by atoms with E-state index in [0.29, 0.717) is 12.2 Å². The average Bonchev–Trinajstić information content (AvgIpc) is 2.99. The fourth-order valence-corrected chi connectivity index (χ4v) is 3.89. The lowest BCUT2D eigenvalue weighted by molar-refractivity contribution is -0.132. The van der Waals surface area contributed by atoms with Crippen molar-refractivity contribution >= 4 is 22.7 Å². The molecule has 5 heteroatoms. The summed E-state index contributed by atoms with van der Waals surface area (Å²) in [5, 5.41) is 5.07. The number of hydrogen-bond donors (Lipinski definition) is 1. The van der Waals surface area contributed by atoms with E-state index in [1.54, 1.807) is 19.2 Å². The Bertz CT molecular complexity index is 1040. The minimum absolute atomic E-state index is 0.224. The van der Waals surface area contributed by atoms with Crippen LogP contribution in [-0.4, -0.2) is 23.9 Å². The van der Waals surface area contributed by atoms with E-state index in [0.717, 1.165) is 21.9 Å². The Morgan fingerprint density at radius 1 is 0.964 bits per heavy atom. The van der Waals surface area contributed by atoms with Crippen molar-refractivity contribution in [1.82, 2.24) is 10.2 Å². The number of carbonyl (C=O) groups is 2. The third-order valence-corrected chi connectivity index (χ3v) is 5.50. The van der Waals surface area contributed by atoms with Crippen LogP contribution in [0.1, 0.15) is 24.5 Å². The quantitative estimate of drug-likeness (QED) is 0.681. The van der Waals surface area contributed by atoms with Crippen LogP contribution in [0.5, 0.6) is 5.75 Å². The summed E-state index contributed by atoms with van der Waals surface area (Å²) in [5.74, 6) is 0.484. The Balaban J connectivity index is 1.69. The summed E-state index contributed by atoms with van der Waals surface area (Å²) in [5.41, 5.74) is 0.659. The zero-order chi connectivity index (χ0) is 19.7. The molecule has 0 unspecified atom stereocenters. The average molecular weight is 374 g/mol. The molecule has 1 fully saturated rings. The molecule has 1 heterocycles. The zero-order valence-corrected chi connectivity index (χ0v) is 15.9. The van der Waals surface area contributed by atoms with Crippen molar-refractivity contribution in [2.24, 2.45) is 0 Å². The van der Waals surface area contributed by atoms with Crippen molar-refractivity contribution in [2.75, 3.05) is 7.11 Å². The Hall–Kier alpha value is -3.34. The van der Waals surface area contributed by atoms with Gasteiger partial charge in [0.2, 0.25) is 0 Å². The maximum atomic E-state index is 13.4. The maximum absolute atomic E-state index is 13.4. The lowest BCUT2D eigenvalue weighted by Crippen LogP contribution is -2.43. The van der Waals surface area contributed by atoms with Crippen LogP contribution in [0.15, 0.2) is 66.7 Å². The SMILES string of the molecule is CC[C@@]1(c2ccc(OC)cc2)NC(=O)N(Cc2cccc3ccccc23)C1=O. The molecule has 3 aromatic carbocycles. The minimum Gasteiger partial charge on any atom is -0.497 e. The molecular formula is C23H22N2O3. The van der Waals surface area contributed by atoms with E-state index >= 15 is 0 Å². The fourth-order valence-electron chi connectivity index (χ4n) is 3.89. The molecule has 0 spiro atoms. The molecule has 4 rings (SSSR count). The van der Waals surface area contributed by atoms with Crippen LogP contribution in [0.4, 0.5) is 4.79 Å². The van der Waals surface area contributed by atoms with Crippen LogP contribution in [0.25, 0.3) is 10.8 Å². The lowest BCUT2D eigenvalue weighted by atomic mass is 9.87. The molecule has 0 bridgehead atoms. The monoisotopic (exact) mass is 374 g/mol. The Morgan fingerprint density at radius 3 is 2.39 bits per heavy atom. The molecule has 1 aliphatic heterocycles. The van der Waals surface area contributed by atoms with Crippen LogP contribution >= 0.6 is 0 Å². The lowest BCUT2D eigenvalue weighted by Gasteiger charge is -2.26. The first-order valence-electron chi connectivity index (χ1n) is 9.34. The van der Waals surface area contributed by atoms with Gasteiger partial charge in [-0.2, -0.15) is 0 Å². The van der Waals surface area contributed by atoms with Crippen molar-refractivity contribution in [2.45, 2.75) is 25.4 Å². The molecule has 1 N–H and O–H groups in total. The second-order valence-corrected chi connectivity index (χ2v) is 6.95. The predicted molar refractivity (Wildman–Crippen MR) is 108 cm³/mol. The van der Waals surface area contributed by atoms with Crippen molar-refractivity contribution in [3.63, 3.8) is 0 Å². The van der Waals surface area contributed by atoms with E-state index in [1.807, 2.05) is 61.5 Å².